The molecule has 2 rings (SSSR count). The third kappa shape index (κ3) is 1.86. The Kier molecular flexibility index (Phi) is 2.65. The molecule has 2 heterocycles. The number of carbonyl (C=O) groups excluding carboxylic acids is 1. The van der Waals surface area contributed by atoms with Crippen molar-refractivity contribution in [2.75, 3.05) is 24.5 Å². The maximum atomic E-state index is 11.5. The summed E-state index contributed by atoms with van der Waals surface area (Å²) < 4.78 is 0. The summed E-state index contributed by atoms with van der Waals surface area (Å²) >= 11 is 5.75. The number of nitrogens with one attached hydrogen (secondary N) is 1. The highest BCUT2D eigenvalue weighted by molar-refractivity contribution is 6.29. The first-order valence-corrected chi connectivity index (χ1v) is 4.79. The predicted molar refractivity (Wildman–Crippen MR) is 54.5 cm³/mol. The topological polar surface area (TPSA) is 45.2 Å². The number of anilines is 1. The van der Waals surface area contributed by atoms with Crippen LogP contribution in [0.15, 0.2) is 18.2 Å². The van der Waals surface area contributed by atoms with Crippen LogP contribution in [0.25, 0.3) is 0 Å². The van der Waals surface area contributed by atoms with Crippen LogP contribution in [-0.4, -0.2) is 30.5 Å². The molecule has 0 atom stereocenters. The highest BCUT2D eigenvalue weighted by Crippen LogP contribution is 2.15. The van der Waals surface area contributed by atoms with Gasteiger partial charge in [0.05, 0.1) is 6.54 Å². The van der Waals surface area contributed by atoms with Crippen LogP contribution >= 0.6 is 11.6 Å². The summed E-state index contributed by atoms with van der Waals surface area (Å²) in [5, 5.41) is 3.41. The summed E-state index contributed by atoms with van der Waals surface area (Å²) in [5.41, 5.74) is 0. The molecular weight excluding hydrogens is 202 g/mol. The Bertz CT molecular complexity index is 356. The molecule has 1 fully saturated rings. The average molecular weight is 212 g/mol. The molecule has 1 aliphatic heterocycles. The lowest BCUT2D eigenvalue weighted by Crippen LogP contribution is -2.48. The van der Waals surface area contributed by atoms with Crippen LogP contribution in [0.2, 0.25) is 5.15 Å². The summed E-state index contributed by atoms with van der Waals surface area (Å²) in [6, 6.07) is 5.27. The average Bonchev–Trinajstić information content (AvgIpc) is 2.18. The minimum Gasteiger partial charge on any atom is -0.307 e. The molecule has 14 heavy (non-hydrogen) atoms. The Labute approximate surface area is 86.9 Å². The molecule has 1 aromatic rings. The standard InChI is InChI=1S/C9H10ClN3O/c10-7-2-1-3-8(12-7)13-5-4-11-6-9(13)14/h1-3,11H,4-6H2. The van der Waals surface area contributed by atoms with Gasteiger partial charge in [-0.25, -0.2) is 4.98 Å². The van der Waals surface area contributed by atoms with E-state index in [9.17, 15) is 4.79 Å². The number of halogens is 1. The second-order valence-corrected chi connectivity index (χ2v) is 3.43. The zero-order chi connectivity index (χ0) is 9.97. The van der Waals surface area contributed by atoms with Gasteiger partial charge in [0.1, 0.15) is 11.0 Å². The zero-order valence-electron chi connectivity index (χ0n) is 7.53. The van der Waals surface area contributed by atoms with Crippen molar-refractivity contribution < 1.29 is 4.79 Å². The van der Waals surface area contributed by atoms with E-state index in [4.69, 9.17) is 11.6 Å². The number of hydrogen-bond acceptors (Lipinski definition) is 3. The van der Waals surface area contributed by atoms with Gasteiger partial charge in [-0.1, -0.05) is 17.7 Å². The van der Waals surface area contributed by atoms with E-state index in [1.807, 2.05) is 0 Å². The van der Waals surface area contributed by atoms with Crippen molar-refractivity contribution in [1.29, 1.82) is 0 Å². The summed E-state index contributed by atoms with van der Waals surface area (Å²) in [4.78, 5) is 17.2. The number of aromatic nitrogens is 1. The lowest BCUT2D eigenvalue weighted by molar-refractivity contribution is -0.118. The van der Waals surface area contributed by atoms with E-state index < -0.39 is 0 Å². The number of rotatable bonds is 1. The summed E-state index contributed by atoms with van der Waals surface area (Å²) in [6.07, 6.45) is 0. The molecular formula is C9H10ClN3O. The molecule has 0 unspecified atom stereocenters. The number of amides is 1. The van der Waals surface area contributed by atoms with Crippen LogP contribution in [0, 0.1) is 0 Å². The molecule has 0 aromatic carbocycles. The lowest BCUT2D eigenvalue weighted by atomic mass is 10.3. The van der Waals surface area contributed by atoms with Gasteiger partial charge in [-0.15, -0.1) is 0 Å². The van der Waals surface area contributed by atoms with Crippen molar-refractivity contribution in [1.82, 2.24) is 10.3 Å². The van der Waals surface area contributed by atoms with Gasteiger partial charge in [0, 0.05) is 13.1 Å². The van der Waals surface area contributed by atoms with Crippen LogP contribution in [0.4, 0.5) is 5.82 Å². The van der Waals surface area contributed by atoms with Crippen LogP contribution in [0.1, 0.15) is 0 Å². The molecule has 74 valence electrons. The van der Waals surface area contributed by atoms with Gasteiger partial charge >= 0.3 is 0 Å². The zero-order valence-corrected chi connectivity index (χ0v) is 8.29. The van der Waals surface area contributed by atoms with Gasteiger partial charge in [-0.3, -0.25) is 9.69 Å². The molecule has 1 aromatic heterocycles. The fraction of sp³-hybridized carbons (Fsp3) is 0.333. The second kappa shape index (κ2) is 3.94. The van der Waals surface area contributed by atoms with E-state index in [1.165, 1.54) is 0 Å². The molecule has 1 aliphatic rings. The van der Waals surface area contributed by atoms with Crippen molar-refractivity contribution in [2.24, 2.45) is 0 Å². The quantitative estimate of drug-likeness (QED) is 0.695. The van der Waals surface area contributed by atoms with Crippen molar-refractivity contribution in [3.8, 4) is 0 Å². The molecule has 4 nitrogen and oxygen atoms in total. The first kappa shape index (κ1) is 9.43. The largest absolute Gasteiger partial charge is 0.307 e. The maximum Gasteiger partial charge on any atom is 0.242 e. The van der Waals surface area contributed by atoms with Gasteiger partial charge in [0.2, 0.25) is 5.91 Å². The van der Waals surface area contributed by atoms with Gasteiger partial charge in [0.25, 0.3) is 0 Å². The summed E-state index contributed by atoms with van der Waals surface area (Å²) in [6.45, 7) is 1.81. The summed E-state index contributed by atoms with van der Waals surface area (Å²) in [7, 11) is 0. The van der Waals surface area contributed by atoms with Gasteiger partial charge in [-0.2, -0.15) is 0 Å². The molecule has 0 bridgehead atoms. The number of pyridine rings is 1. The monoisotopic (exact) mass is 211 g/mol. The van der Waals surface area contributed by atoms with Crippen LogP contribution < -0.4 is 10.2 Å². The molecule has 0 radical (unpaired) electrons. The Hall–Kier alpha value is -1.13. The van der Waals surface area contributed by atoms with Crippen LogP contribution in [0.3, 0.4) is 0 Å². The molecule has 0 aliphatic carbocycles. The number of nitrogens with zero attached hydrogens (tertiary/aromatic N) is 2. The highest BCUT2D eigenvalue weighted by atomic mass is 35.5. The number of piperazine rings is 1. The second-order valence-electron chi connectivity index (χ2n) is 3.04. The van der Waals surface area contributed by atoms with E-state index in [1.54, 1.807) is 23.1 Å². The third-order valence-electron chi connectivity index (χ3n) is 2.07. The molecule has 0 spiro atoms. The molecule has 0 saturated carbocycles. The van der Waals surface area contributed by atoms with Gasteiger partial charge in [0.15, 0.2) is 0 Å². The SMILES string of the molecule is O=C1CNCCN1c1cccc(Cl)n1. The molecule has 5 heteroatoms. The Balaban J connectivity index is 2.24. The van der Waals surface area contributed by atoms with Crippen molar-refractivity contribution in [3.05, 3.63) is 23.4 Å². The first-order valence-electron chi connectivity index (χ1n) is 4.41. The van der Waals surface area contributed by atoms with E-state index in [0.717, 1.165) is 6.54 Å². The van der Waals surface area contributed by atoms with Crippen LogP contribution in [-0.2, 0) is 4.79 Å². The third-order valence-corrected chi connectivity index (χ3v) is 2.28. The molecule has 1 amide bonds. The fourth-order valence-electron chi connectivity index (χ4n) is 1.40. The smallest absolute Gasteiger partial charge is 0.242 e. The lowest BCUT2D eigenvalue weighted by Gasteiger charge is -2.26. The predicted octanol–water partition coefficient (Wildman–Crippen LogP) is 0.671. The molecule has 1 N–H and O–H groups in total. The normalized spacial score (nSPS) is 17.2. The Morgan fingerprint density at radius 3 is 3.07 bits per heavy atom. The number of hydrogen-bond donors (Lipinski definition) is 1. The Morgan fingerprint density at radius 2 is 2.36 bits per heavy atom. The van der Waals surface area contributed by atoms with Crippen molar-refractivity contribution in [3.63, 3.8) is 0 Å². The van der Waals surface area contributed by atoms with Crippen LogP contribution in [0.5, 0.6) is 0 Å². The van der Waals surface area contributed by atoms with Gasteiger partial charge < -0.3 is 5.32 Å². The maximum absolute atomic E-state index is 11.5. The van der Waals surface area contributed by atoms with E-state index >= 15 is 0 Å². The minimum absolute atomic E-state index is 0.0333. The van der Waals surface area contributed by atoms with E-state index in [2.05, 4.69) is 10.3 Å². The fourth-order valence-corrected chi connectivity index (χ4v) is 1.56. The summed E-state index contributed by atoms with van der Waals surface area (Å²) in [5.74, 6) is 0.662. The van der Waals surface area contributed by atoms with E-state index in [0.29, 0.717) is 24.1 Å². The molecule has 1 saturated heterocycles. The first-order chi connectivity index (χ1) is 6.77. The van der Waals surface area contributed by atoms with E-state index in [-0.39, 0.29) is 5.91 Å². The Morgan fingerprint density at radius 1 is 1.50 bits per heavy atom. The minimum atomic E-state index is 0.0333. The van der Waals surface area contributed by atoms with Crippen molar-refractivity contribution in [2.45, 2.75) is 0 Å². The number of carbonyl (C=O) groups is 1. The highest BCUT2D eigenvalue weighted by Gasteiger charge is 2.19. The van der Waals surface area contributed by atoms with Crippen molar-refractivity contribution >= 4 is 23.3 Å². The van der Waals surface area contributed by atoms with Gasteiger partial charge in [-0.05, 0) is 12.1 Å².